The van der Waals surface area contributed by atoms with Crippen molar-refractivity contribution in [2.45, 2.75) is 36.8 Å². The van der Waals surface area contributed by atoms with E-state index in [0.717, 1.165) is 10.5 Å². The van der Waals surface area contributed by atoms with Crippen molar-refractivity contribution >= 4 is 35.2 Å². The molecular formula is C19H19F3N4O2S. The second kappa shape index (κ2) is 8.32. The van der Waals surface area contributed by atoms with Gasteiger partial charge in [-0.2, -0.15) is 13.2 Å². The van der Waals surface area contributed by atoms with Crippen LogP contribution in [0.15, 0.2) is 47.5 Å². The molecule has 0 bridgehead atoms. The lowest BCUT2D eigenvalue weighted by Crippen LogP contribution is -2.32. The van der Waals surface area contributed by atoms with Crippen LogP contribution >= 0.6 is 11.8 Å². The summed E-state index contributed by atoms with van der Waals surface area (Å²) in [4.78, 5) is 31.6. The number of halogens is 3. The average Bonchev–Trinajstić information content (AvgIpc) is 2.88. The third kappa shape index (κ3) is 5.41. The highest BCUT2D eigenvalue weighted by atomic mass is 32.2. The van der Waals surface area contributed by atoms with E-state index in [1.54, 1.807) is 12.3 Å². The molecule has 3 amide bonds. The van der Waals surface area contributed by atoms with Gasteiger partial charge < -0.3 is 10.2 Å². The van der Waals surface area contributed by atoms with E-state index in [-0.39, 0.29) is 41.5 Å². The van der Waals surface area contributed by atoms with Crippen LogP contribution in [0, 0.1) is 0 Å². The molecule has 0 unspecified atom stereocenters. The number of imide groups is 1. The molecule has 0 atom stereocenters. The van der Waals surface area contributed by atoms with E-state index < -0.39 is 17.4 Å². The molecule has 10 heteroatoms. The van der Waals surface area contributed by atoms with Crippen LogP contribution in [0.5, 0.6) is 0 Å². The fraction of sp³-hybridized carbons (Fsp3) is 0.316. The Morgan fingerprint density at radius 2 is 1.86 bits per heavy atom. The highest BCUT2D eigenvalue weighted by Crippen LogP contribution is 2.37. The van der Waals surface area contributed by atoms with Crippen molar-refractivity contribution in [1.82, 2.24) is 9.88 Å². The van der Waals surface area contributed by atoms with Gasteiger partial charge in [0.1, 0.15) is 12.4 Å². The van der Waals surface area contributed by atoms with Crippen molar-refractivity contribution in [1.29, 1.82) is 0 Å². The van der Waals surface area contributed by atoms with Gasteiger partial charge in [-0.15, -0.1) is 0 Å². The van der Waals surface area contributed by atoms with Gasteiger partial charge in [-0.3, -0.25) is 4.79 Å². The number of alkyl halides is 3. The topological polar surface area (TPSA) is 65.5 Å². The Morgan fingerprint density at radius 3 is 2.48 bits per heavy atom. The van der Waals surface area contributed by atoms with Gasteiger partial charge in [0.2, 0.25) is 0 Å². The number of hydrogen-bond donors (Lipinski definition) is 1. The Morgan fingerprint density at radius 1 is 1.17 bits per heavy atom. The Bertz CT molecular complexity index is 903. The maximum atomic E-state index is 12.7. The molecule has 2 aromatic rings. The number of hydrogen-bond acceptors (Lipinski definition) is 5. The van der Waals surface area contributed by atoms with Crippen molar-refractivity contribution in [2.75, 3.05) is 16.8 Å². The van der Waals surface area contributed by atoms with Crippen molar-refractivity contribution in [3.05, 3.63) is 48.2 Å². The minimum atomic E-state index is -4.40. The highest BCUT2D eigenvalue weighted by Gasteiger charge is 2.37. The number of carbonyl (C=O) groups is 2. The fourth-order valence-electron chi connectivity index (χ4n) is 2.89. The SMILES string of the molecule is CC(C)Nc1cc(CN2CC(=O)N(c3ccc(SC(F)(F)F)cc3)C2=O)ccn1. The van der Waals surface area contributed by atoms with E-state index >= 15 is 0 Å². The van der Waals surface area contributed by atoms with Crippen molar-refractivity contribution < 1.29 is 22.8 Å². The summed E-state index contributed by atoms with van der Waals surface area (Å²) < 4.78 is 37.4. The summed E-state index contributed by atoms with van der Waals surface area (Å²) in [6, 6.07) is 8.41. The molecule has 29 heavy (non-hydrogen) atoms. The molecule has 3 rings (SSSR count). The number of anilines is 2. The lowest BCUT2D eigenvalue weighted by atomic mass is 10.2. The van der Waals surface area contributed by atoms with Crippen LogP contribution in [-0.4, -0.2) is 39.9 Å². The summed E-state index contributed by atoms with van der Waals surface area (Å²) in [5, 5.41) is 3.17. The van der Waals surface area contributed by atoms with Crippen LogP contribution in [-0.2, 0) is 11.3 Å². The second-order valence-electron chi connectivity index (χ2n) is 6.76. The number of thioether (sulfide) groups is 1. The van der Waals surface area contributed by atoms with E-state index in [1.165, 1.54) is 29.2 Å². The number of carbonyl (C=O) groups excluding carboxylic acids is 2. The van der Waals surface area contributed by atoms with Crippen LogP contribution in [0.1, 0.15) is 19.4 Å². The van der Waals surface area contributed by atoms with Crippen LogP contribution in [0.25, 0.3) is 0 Å². The molecule has 1 aromatic carbocycles. The minimum Gasteiger partial charge on any atom is -0.368 e. The molecular weight excluding hydrogens is 405 g/mol. The number of nitrogens with zero attached hydrogens (tertiary/aromatic N) is 3. The van der Waals surface area contributed by atoms with E-state index in [0.29, 0.717) is 5.82 Å². The quantitative estimate of drug-likeness (QED) is 0.547. The van der Waals surface area contributed by atoms with Crippen LogP contribution in [0.3, 0.4) is 0 Å². The third-order valence-electron chi connectivity index (χ3n) is 4.00. The average molecular weight is 424 g/mol. The number of rotatable bonds is 6. The van der Waals surface area contributed by atoms with Gasteiger partial charge in [0.05, 0.1) is 5.69 Å². The lowest BCUT2D eigenvalue weighted by molar-refractivity contribution is -0.116. The molecule has 1 aliphatic heterocycles. The minimum absolute atomic E-state index is 0.0147. The first-order chi connectivity index (χ1) is 13.6. The number of aromatic nitrogens is 1. The molecule has 1 N–H and O–H groups in total. The Balaban J connectivity index is 1.71. The van der Waals surface area contributed by atoms with Gasteiger partial charge in [0.15, 0.2) is 0 Å². The monoisotopic (exact) mass is 424 g/mol. The summed E-state index contributed by atoms with van der Waals surface area (Å²) in [7, 11) is 0. The highest BCUT2D eigenvalue weighted by molar-refractivity contribution is 8.00. The predicted molar refractivity (Wildman–Crippen MR) is 105 cm³/mol. The largest absolute Gasteiger partial charge is 0.446 e. The first kappa shape index (κ1) is 21.0. The zero-order chi connectivity index (χ0) is 21.2. The summed E-state index contributed by atoms with van der Waals surface area (Å²) >= 11 is -0.249. The number of nitrogens with one attached hydrogen (secondary N) is 1. The van der Waals surface area contributed by atoms with E-state index in [4.69, 9.17) is 0 Å². The maximum absolute atomic E-state index is 12.7. The molecule has 0 saturated carbocycles. The standard InChI is InChI=1S/C19H19F3N4O2S/c1-12(2)24-16-9-13(7-8-23-16)10-25-11-17(27)26(18(25)28)14-3-5-15(6-4-14)29-19(20,21)22/h3-9,12H,10-11H2,1-2H3,(H,23,24). The molecule has 1 saturated heterocycles. The summed E-state index contributed by atoms with van der Waals surface area (Å²) in [6.07, 6.45) is 1.62. The molecule has 2 heterocycles. The van der Waals surface area contributed by atoms with Gasteiger partial charge in [-0.05, 0) is 67.6 Å². The first-order valence-electron chi connectivity index (χ1n) is 8.81. The van der Waals surface area contributed by atoms with E-state index in [9.17, 15) is 22.8 Å². The number of benzene rings is 1. The number of pyridine rings is 1. The predicted octanol–water partition coefficient (Wildman–Crippen LogP) is 4.48. The lowest BCUT2D eigenvalue weighted by Gasteiger charge is -2.18. The van der Waals surface area contributed by atoms with E-state index in [2.05, 4.69) is 10.3 Å². The Hall–Kier alpha value is -2.75. The number of amides is 3. The van der Waals surface area contributed by atoms with Gasteiger partial charge in [-0.25, -0.2) is 14.7 Å². The van der Waals surface area contributed by atoms with Crippen LogP contribution in [0.4, 0.5) is 29.5 Å². The smallest absolute Gasteiger partial charge is 0.368 e. The van der Waals surface area contributed by atoms with Gasteiger partial charge in [0.25, 0.3) is 5.91 Å². The Kier molecular flexibility index (Phi) is 6.02. The molecule has 1 aromatic heterocycles. The summed E-state index contributed by atoms with van der Waals surface area (Å²) in [6.45, 7) is 4.08. The molecule has 154 valence electrons. The summed E-state index contributed by atoms with van der Waals surface area (Å²) in [5.41, 5.74) is -3.35. The zero-order valence-electron chi connectivity index (χ0n) is 15.7. The summed E-state index contributed by atoms with van der Waals surface area (Å²) in [5.74, 6) is 0.242. The molecule has 0 spiro atoms. The molecule has 0 aliphatic carbocycles. The zero-order valence-corrected chi connectivity index (χ0v) is 16.5. The second-order valence-corrected chi connectivity index (χ2v) is 7.90. The molecule has 0 radical (unpaired) electrons. The maximum Gasteiger partial charge on any atom is 0.446 e. The molecule has 6 nitrogen and oxygen atoms in total. The van der Waals surface area contributed by atoms with Crippen molar-refractivity contribution in [3.8, 4) is 0 Å². The normalized spacial score (nSPS) is 14.8. The number of urea groups is 1. The van der Waals surface area contributed by atoms with Gasteiger partial charge in [0, 0.05) is 23.7 Å². The third-order valence-corrected chi connectivity index (χ3v) is 4.74. The van der Waals surface area contributed by atoms with Gasteiger partial charge in [-0.1, -0.05) is 0 Å². The van der Waals surface area contributed by atoms with Crippen molar-refractivity contribution in [3.63, 3.8) is 0 Å². The van der Waals surface area contributed by atoms with Crippen LogP contribution in [0.2, 0.25) is 0 Å². The van der Waals surface area contributed by atoms with Crippen LogP contribution < -0.4 is 10.2 Å². The first-order valence-corrected chi connectivity index (χ1v) is 9.63. The molecule has 1 fully saturated rings. The van der Waals surface area contributed by atoms with Crippen molar-refractivity contribution in [2.24, 2.45) is 0 Å². The van der Waals surface area contributed by atoms with E-state index in [1.807, 2.05) is 19.9 Å². The Labute approximate surface area is 170 Å². The fourth-order valence-corrected chi connectivity index (χ4v) is 3.43. The molecule has 1 aliphatic rings. The van der Waals surface area contributed by atoms with Gasteiger partial charge >= 0.3 is 11.5 Å².